The molecular weight excluding hydrogens is 247 g/mol. The monoisotopic (exact) mass is 253 g/mol. The molecule has 0 unspecified atom stereocenters. The summed E-state index contributed by atoms with van der Waals surface area (Å²) in [5, 5.41) is 8.88. The Labute approximate surface area is 99.5 Å². The first-order valence-electron chi connectivity index (χ1n) is 4.84. The number of carboxylic acids is 1. The molecule has 1 heterocycles. The van der Waals surface area contributed by atoms with Crippen molar-refractivity contribution in [2.45, 2.75) is 0 Å². The number of aromatic carboxylic acids is 1. The van der Waals surface area contributed by atoms with Crippen LogP contribution in [0.2, 0.25) is 0 Å². The number of nitrogens with zero attached hydrogens (tertiary/aromatic N) is 1. The molecule has 0 spiro atoms. The Bertz CT molecular complexity index is 629. The Morgan fingerprint density at radius 1 is 1.17 bits per heavy atom. The van der Waals surface area contributed by atoms with Crippen LogP contribution in [0.4, 0.5) is 13.2 Å². The fourth-order valence-electron chi connectivity index (χ4n) is 1.53. The van der Waals surface area contributed by atoms with Crippen LogP contribution in [0.1, 0.15) is 10.5 Å². The van der Waals surface area contributed by atoms with E-state index in [2.05, 4.69) is 4.98 Å². The number of hydrogen-bond acceptors (Lipinski definition) is 2. The summed E-state index contributed by atoms with van der Waals surface area (Å²) in [6, 6.07) is 4.03. The van der Waals surface area contributed by atoms with Crippen LogP contribution in [0.3, 0.4) is 0 Å². The van der Waals surface area contributed by atoms with E-state index >= 15 is 0 Å². The van der Waals surface area contributed by atoms with Crippen molar-refractivity contribution >= 4 is 5.97 Å². The Morgan fingerprint density at radius 2 is 1.89 bits per heavy atom. The molecule has 0 aliphatic rings. The predicted octanol–water partition coefficient (Wildman–Crippen LogP) is 2.86. The lowest BCUT2D eigenvalue weighted by molar-refractivity contribution is 0.0691. The minimum atomic E-state index is -1.45. The van der Waals surface area contributed by atoms with E-state index in [4.69, 9.17) is 5.11 Å². The topological polar surface area (TPSA) is 50.2 Å². The smallest absolute Gasteiger partial charge is 0.355 e. The summed E-state index contributed by atoms with van der Waals surface area (Å²) in [5.74, 6) is -4.67. The van der Waals surface area contributed by atoms with Crippen molar-refractivity contribution in [1.82, 2.24) is 4.98 Å². The van der Waals surface area contributed by atoms with E-state index in [1.807, 2.05) is 0 Å². The maximum atomic E-state index is 13.5. The van der Waals surface area contributed by atoms with Gasteiger partial charge in [0.25, 0.3) is 0 Å². The number of rotatable bonds is 2. The molecular formula is C12H6F3NO2. The van der Waals surface area contributed by atoms with Gasteiger partial charge in [0, 0.05) is 11.1 Å². The van der Waals surface area contributed by atoms with Crippen molar-refractivity contribution in [3.8, 4) is 11.1 Å². The van der Waals surface area contributed by atoms with E-state index in [9.17, 15) is 18.0 Å². The molecule has 0 saturated heterocycles. The van der Waals surface area contributed by atoms with Gasteiger partial charge in [-0.1, -0.05) is 12.1 Å². The first-order valence-corrected chi connectivity index (χ1v) is 4.84. The van der Waals surface area contributed by atoms with Crippen molar-refractivity contribution in [2.24, 2.45) is 0 Å². The molecule has 18 heavy (non-hydrogen) atoms. The molecule has 0 amide bonds. The Kier molecular flexibility index (Phi) is 3.01. The second-order valence-electron chi connectivity index (χ2n) is 3.46. The minimum absolute atomic E-state index is 0.306. The quantitative estimate of drug-likeness (QED) is 0.895. The van der Waals surface area contributed by atoms with Crippen LogP contribution in [0.25, 0.3) is 11.1 Å². The number of pyridine rings is 1. The summed E-state index contributed by atoms with van der Waals surface area (Å²) in [6.45, 7) is 0. The van der Waals surface area contributed by atoms with Gasteiger partial charge >= 0.3 is 5.97 Å². The summed E-state index contributed by atoms with van der Waals surface area (Å²) in [4.78, 5) is 14.3. The van der Waals surface area contributed by atoms with Gasteiger partial charge in [-0.25, -0.2) is 22.9 Å². The molecule has 2 aromatic rings. The van der Waals surface area contributed by atoms with Gasteiger partial charge in [0.05, 0.1) is 6.20 Å². The van der Waals surface area contributed by atoms with Gasteiger partial charge in [-0.05, 0) is 12.1 Å². The predicted molar refractivity (Wildman–Crippen MR) is 56.5 cm³/mol. The number of benzene rings is 1. The highest BCUT2D eigenvalue weighted by atomic mass is 19.2. The van der Waals surface area contributed by atoms with Crippen LogP contribution < -0.4 is 0 Å². The van der Waals surface area contributed by atoms with Gasteiger partial charge in [-0.3, -0.25) is 0 Å². The van der Waals surface area contributed by atoms with Crippen molar-refractivity contribution in [1.29, 1.82) is 0 Å². The van der Waals surface area contributed by atoms with Crippen LogP contribution >= 0.6 is 0 Å². The molecule has 0 saturated carbocycles. The molecule has 0 fully saturated rings. The zero-order chi connectivity index (χ0) is 13.3. The Hall–Kier alpha value is -2.37. The molecule has 6 heteroatoms. The van der Waals surface area contributed by atoms with Crippen molar-refractivity contribution in [3.63, 3.8) is 0 Å². The summed E-state index contributed by atoms with van der Waals surface area (Å²) >= 11 is 0. The third-order valence-corrected chi connectivity index (χ3v) is 2.30. The Balaban J connectivity index is 2.73. The highest BCUT2D eigenvalue weighted by Crippen LogP contribution is 2.27. The number of carboxylic acid groups (broad SMARTS) is 1. The van der Waals surface area contributed by atoms with Gasteiger partial charge in [-0.15, -0.1) is 0 Å². The maximum absolute atomic E-state index is 13.5. The maximum Gasteiger partial charge on any atom is 0.355 e. The summed E-state index contributed by atoms with van der Waals surface area (Å²) < 4.78 is 39.7. The lowest BCUT2D eigenvalue weighted by Crippen LogP contribution is -2.05. The number of carbonyl (C=O) groups is 1. The summed E-state index contributed by atoms with van der Waals surface area (Å²) in [6.07, 6.45) is 0.699. The van der Waals surface area contributed by atoms with Gasteiger partial charge in [0.2, 0.25) is 0 Å². The van der Waals surface area contributed by atoms with E-state index in [1.165, 1.54) is 6.07 Å². The normalized spacial score (nSPS) is 10.4. The van der Waals surface area contributed by atoms with Crippen LogP contribution in [-0.2, 0) is 0 Å². The van der Waals surface area contributed by atoms with Crippen LogP contribution in [-0.4, -0.2) is 16.1 Å². The highest BCUT2D eigenvalue weighted by Gasteiger charge is 2.18. The lowest BCUT2D eigenvalue weighted by Gasteiger charge is -2.07. The summed E-state index contributed by atoms with van der Waals surface area (Å²) in [5.41, 5.74) is -1.19. The second-order valence-corrected chi connectivity index (χ2v) is 3.46. The summed E-state index contributed by atoms with van der Waals surface area (Å²) in [7, 11) is 0. The van der Waals surface area contributed by atoms with Crippen molar-refractivity contribution < 1.29 is 23.1 Å². The van der Waals surface area contributed by atoms with Gasteiger partial charge in [0.1, 0.15) is 5.82 Å². The van der Waals surface area contributed by atoms with E-state index in [-0.39, 0.29) is 11.1 Å². The van der Waals surface area contributed by atoms with E-state index in [0.29, 0.717) is 6.20 Å². The largest absolute Gasteiger partial charge is 0.476 e. The van der Waals surface area contributed by atoms with Gasteiger partial charge < -0.3 is 5.11 Å². The van der Waals surface area contributed by atoms with Crippen LogP contribution in [0.5, 0.6) is 0 Å². The SMILES string of the molecule is O=C(O)c1ncc(F)cc1-c1cccc(F)c1F. The average Bonchev–Trinajstić information content (AvgIpc) is 2.32. The molecule has 0 atom stereocenters. The zero-order valence-corrected chi connectivity index (χ0v) is 8.82. The number of halogens is 3. The standard InChI is InChI=1S/C12H6F3NO2/c13-6-4-8(11(12(17)18)16-5-6)7-2-1-3-9(14)10(7)15/h1-5H,(H,17,18). The van der Waals surface area contributed by atoms with Crippen molar-refractivity contribution in [3.05, 3.63) is 53.6 Å². The van der Waals surface area contributed by atoms with E-state index in [1.54, 1.807) is 0 Å². The minimum Gasteiger partial charge on any atom is -0.476 e. The molecule has 92 valence electrons. The van der Waals surface area contributed by atoms with Gasteiger partial charge in [-0.2, -0.15) is 0 Å². The molecule has 1 N–H and O–H groups in total. The lowest BCUT2D eigenvalue weighted by atomic mass is 10.0. The molecule has 0 bridgehead atoms. The van der Waals surface area contributed by atoms with Crippen molar-refractivity contribution in [2.75, 3.05) is 0 Å². The average molecular weight is 253 g/mol. The molecule has 2 rings (SSSR count). The first-order chi connectivity index (χ1) is 8.50. The third-order valence-electron chi connectivity index (χ3n) is 2.30. The molecule has 0 aliphatic carbocycles. The van der Waals surface area contributed by atoms with Crippen LogP contribution in [0.15, 0.2) is 30.5 Å². The number of hydrogen-bond donors (Lipinski definition) is 1. The molecule has 1 aromatic heterocycles. The van der Waals surface area contributed by atoms with E-state index < -0.39 is 29.1 Å². The molecule has 1 aromatic carbocycles. The Morgan fingerprint density at radius 3 is 2.56 bits per heavy atom. The molecule has 0 radical (unpaired) electrons. The van der Waals surface area contributed by atoms with Gasteiger partial charge in [0.15, 0.2) is 17.3 Å². The number of aromatic nitrogens is 1. The molecule has 3 nitrogen and oxygen atoms in total. The molecule has 0 aliphatic heterocycles. The van der Waals surface area contributed by atoms with E-state index in [0.717, 1.165) is 18.2 Å². The second kappa shape index (κ2) is 4.48. The fraction of sp³-hybridized carbons (Fsp3) is 0. The zero-order valence-electron chi connectivity index (χ0n) is 8.82. The fourth-order valence-corrected chi connectivity index (χ4v) is 1.53. The van der Waals surface area contributed by atoms with Crippen LogP contribution in [0, 0.1) is 17.5 Å². The third kappa shape index (κ3) is 2.04. The first kappa shape index (κ1) is 12.1. The highest BCUT2D eigenvalue weighted by molar-refractivity contribution is 5.93.